The maximum absolute atomic E-state index is 13.8. The van der Waals surface area contributed by atoms with E-state index in [0.717, 1.165) is 18.2 Å². The van der Waals surface area contributed by atoms with Crippen LogP contribution >= 0.6 is 0 Å². The van der Waals surface area contributed by atoms with E-state index in [4.69, 9.17) is 0 Å². The normalized spacial score (nSPS) is 12.5. The lowest BCUT2D eigenvalue weighted by Crippen LogP contribution is -2.10. The van der Waals surface area contributed by atoms with E-state index in [-0.39, 0.29) is 5.56 Å². The van der Waals surface area contributed by atoms with Gasteiger partial charge in [-0.05, 0) is 30.7 Å². The number of aliphatic hydroxyl groups is 1. The van der Waals surface area contributed by atoms with Gasteiger partial charge in [-0.15, -0.1) is 0 Å². The number of aryl methyl sites for hydroxylation is 1. The van der Waals surface area contributed by atoms with Gasteiger partial charge in [-0.25, -0.2) is 17.6 Å². The summed E-state index contributed by atoms with van der Waals surface area (Å²) in [5.74, 6) is -3.58. The molecule has 106 valence electrons. The first-order valence-electron chi connectivity index (χ1n) is 5.97. The van der Waals surface area contributed by atoms with Crippen molar-refractivity contribution < 1.29 is 22.7 Å². The summed E-state index contributed by atoms with van der Waals surface area (Å²) in [6.07, 6.45) is -2.21. The molecule has 1 unspecified atom stereocenters. The van der Waals surface area contributed by atoms with Crippen molar-refractivity contribution in [3.8, 4) is 0 Å². The van der Waals surface area contributed by atoms with Gasteiger partial charge in [0.1, 0.15) is 23.3 Å². The van der Waals surface area contributed by atoms with Crippen LogP contribution in [0.15, 0.2) is 30.3 Å². The fourth-order valence-corrected chi connectivity index (χ4v) is 2.01. The Hall–Kier alpha value is -1.88. The second-order valence-corrected chi connectivity index (χ2v) is 4.51. The highest BCUT2D eigenvalue weighted by Crippen LogP contribution is 2.27. The zero-order chi connectivity index (χ0) is 14.9. The molecule has 0 fully saturated rings. The highest BCUT2D eigenvalue weighted by Gasteiger charge is 2.22. The molecule has 2 rings (SSSR count). The molecule has 0 aliphatic carbocycles. The fraction of sp³-hybridized carbons (Fsp3) is 0.200. The summed E-state index contributed by atoms with van der Waals surface area (Å²) >= 11 is 0. The molecule has 0 bridgehead atoms. The molecular formula is C15H12F4O. The molecule has 1 atom stereocenters. The van der Waals surface area contributed by atoms with E-state index in [9.17, 15) is 22.7 Å². The standard InChI is InChI=1S/C15H12F4O/c1-8-5-6-12(18)14(15(8)19)13(20)7-9-10(16)3-2-4-11(9)17/h2-6,13,20H,7H2,1H3. The molecular weight excluding hydrogens is 272 g/mol. The van der Waals surface area contributed by atoms with E-state index in [1.54, 1.807) is 0 Å². The Labute approximate surface area is 113 Å². The maximum atomic E-state index is 13.8. The molecule has 0 aromatic heterocycles. The van der Waals surface area contributed by atoms with E-state index in [2.05, 4.69) is 0 Å². The van der Waals surface area contributed by atoms with Crippen LogP contribution in [0, 0.1) is 30.2 Å². The van der Waals surface area contributed by atoms with Crippen LogP contribution in [0.1, 0.15) is 22.8 Å². The van der Waals surface area contributed by atoms with Crippen LogP contribution in [-0.2, 0) is 6.42 Å². The molecule has 0 saturated carbocycles. The van der Waals surface area contributed by atoms with Crippen LogP contribution in [0.3, 0.4) is 0 Å². The third-order valence-electron chi connectivity index (χ3n) is 3.11. The van der Waals surface area contributed by atoms with E-state index in [1.165, 1.54) is 19.1 Å². The van der Waals surface area contributed by atoms with Crippen molar-refractivity contribution in [2.75, 3.05) is 0 Å². The summed E-state index contributed by atoms with van der Waals surface area (Å²) in [6.45, 7) is 1.41. The summed E-state index contributed by atoms with van der Waals surface area (Å²) in [4.78, 5) is 0. The summed E-state index contributed by atoms with van der Waals surface area (Å²) in [5.41, 5.74) is -0.831. The summed E-state index contributed by atoms with van der Waals surface area (Å²) < 4.78 is 54.4. The molecule has 0 radical (unpaired) electrons. The molecule has 2 aromatic rings. The van der Waals surface area contributed by atoms with Gasteiger partial charge in [-0.2, -0.15) is 0 Å². The molecule has 0 heterocycles. The number of halogens is 4. The van der Waals surface area contributed by atoms with E-state index in [0.29, 0.717) is 0 Å². The van der Waals surface area contributed by atoms with Gasteiger partial charge < -0.3 is 5.11 Å². The molecule has 0 spiro atoms. The first-order valence-corrected chi connectivity index (χ1v) is 5.97. The van der Waals surface area contributed by atoms with Crippen molar-refractivity contribution in [2.24, 2.45) is 0 Å². The first kappa shape index (κ1) is 14.5. The summed E-state index contributed by atoms with van der Waals surface area (Å²) in [6, 6.07) is 5.45. The van der Waals surface area contributed by atoms with Crippen molar-refractivity contribution in [1.82, 2.24) is 0 Å². The van der Waals surface area contributed by atoms with Crippen LogP contribution in [0.2, 0.25) is 0 Å². The Morgan fingerprint density at radius 3 is 2.15 bits per heavy atom. The topological polar surface area (TPSA) is 20.2 Å². The van der Waals surface area contributed by atoms with Gasteiger partial charge in [0.05, 0.1) is 11.7 Å². The molecule has 20 heavy (non-hydrogen) atoms. The largest absolute Gasteiger partial charge is 0.388 e. The van der Waals surface area contributed by atoms with Gasteiger partial charge in [0.15, 0.2) is 0 Å². The van der Waals surface area contributed by atoms with E-state index in [1.807, 2.05) is 0 Å². The lowest BCUT2D eigenvalue weighted by atomic mass is 9.98. The van der Waals surface area contributed by atoms with Crippen LogP contribution in [0.4, 0.5) is 17.6 Å². The smallest absolute Gasteiger partial charge is 0.134 e. The molecule has 1 nitrogen and oxygen atoms in total. The minimum Gasteiger partial charge on any atom is -0.388 e. The van der Waals surface area contributed by atoms with E-state index >= 15 is 0 Å². The van der Waals surface area contributed by atoms with Gasteiger partial charge in [-0.1, -0.05) is 12.1 Å². The lowest BCUT2D eigenvalue weighted by Gasteiger charge is -2.15. The Morgan fingerprint density at radius 2 is 1.55 bits per heavy atom. The zero-order valence-electron chi connectivity index (χ0n) is 10.6. The quantitative estimate of drug-likeness (QED) is 0.849. The average Bonchev–Trinajstić information content (AvgIpc) is 2.39. The third-order valence-corrected chi connectivity index (χ3v) is 3.11. The van der Waals surface area contributed by atoms with Gasteiger partial charge in [0.2, 0.25) is 0 Å². The average molecular weight is 284 g/mol. The SMILES string of the molecule is Cc1ccc(F)c(C(O)Cc2c(F)cccc2F)c1F. The van der Waals surface area contributed by atoms with Gasteiger partial charge in [-0.3, -0.25) is 0 Å². The molecule has 2 aromatic carbocycles. The predicted octanol–water partition coefficient (Wildman–Crippen LogP) is 3.83. The van der Waals surface area contributed by atoms with Gasteiger partial charge in [0.25, 0.3) is 0 Å². The Morgan fingerprint density at radius 1 is 0.950 bits per heavy atom. The Balaban J connectivity index is 2.38. The van der Waals surface area contributed by atoms with Crippen molar-refractivity contribution in [3.05, 3.63) is 70.3 Å². The minimum absolute atomic E-state index is 0.148. The van der Waals surface area contributed by atoms with Crippen LogP contribution in [0.5, 0.6) is 0 Å². The predicted molar refractivity (Wildman–Crippen MR) is 66.1 cm³/mol. The minimum atomic E-state index is -1.67. The number of hydrogen-bond acceptors (Lipinski definition) is 1. The number of rotatable bonds is 3. The summed E-state index contributed by atoms with van der Waals surface area (Å²) in [7, 11) is 0. The van der Waals surface area contributed by atoms with Crippen LogP contribution in [-0.4, -0.2) is 5.11 Å². The molecule has 0 aliphatic rings. The first-order chi connectivity index (χ1) is 9.41. The van der Waals surface area contributed by atoms with Crippen LogP contribution in [0.25, 0.3) is 0 Å². The van der Waals surface area contributed by atoms with Crippen molar-refractivity contribution in [2.45, 2.75) is 19.4 Å². The zero-order valence-corrected chi connectivity index (χ0v) is 10.6. The molecule has 1 N–H and O–H groups in total. The second-order valence-electron chi connectivity index (χ2n) is 4.51. The van der Waals surface area contributed by atoms with E-state index < -0.39 is 46.9 Å². The number of hydrogen-bond donors (Lipinski definition) is 1. The highest BCUT2D eigenvalue weighted by molar-refractivity contribution is 5.30. The molecule has 0 aliphatic heterocycles. The highest BCUT2D eigenvalue weighted by atomic mass is 19.1. The van der Waals surface area contributed by atoms with Crippen molar-refractivity contribution in [1.29, 1.82) is 0 Å². The van der Waals surface area contributed by atoms with Gasteiger partial charge in [0, 0.05) is 12.0 Å². The monoisotopic (exact) mass is 284 g/mol. The second kappa shape index (κ2) is 5.63. The van der Waals surface area contributed by atoms with Crippen molar-refractivity contribution >= 4 is 0 Å². The van der Waals surface area contributed by atoms with Crippen LogP contribution < -0.4 is 0 Å². The fourth-order valence-electron chi connectivity index (χ4n) is 2.01. The third kappa shape index (κ3) is 2.67. The Kier molecular flexibility index (Phi) is 4.09. The van der Waals surface area contributed by atoms with Crippen molar-refractivity contribution in [3.63, 3.8) is 0 Å². The van der Waals surface area contributed by atoms with Gasteiger partial charge >= 0.3 is 0 Å². The number of aliphatic hydroxyl groups excluding tert-OH is 1. The number of benzene rings is 2. The summed E-state index contributed by atoms with van der Waals surface area (Å²) in [5, 5.41) is 9.90. The molecule has 0 amide bonds. The molecule has 0 saturated heterocycles. The lowest BCUT2D eigenvalue weighted by molar-refractivity contribution is 0.165. The maximum Gasteiger partial charge on any atom is 0.134 e. The Bertz CT molecular complexity index is 620. The molecule has 5 heteroatoms.